The summed E-state index contributed by atoms with van der Waals surface area (Å²) in [6.07, 6.45) is 8.08. The number of rotatable bonds is 31. The van der Waals surface area contributed by atoms with Crippen LogP contribution in [0.1, 0.15) is 88.2 Å². The van der Waals surface area contributed by atoms with Gasteiger partial charge in [0.1, 0.15) is 29.2 Å². The number of anilines is 3. The topological polar surface area (TPSA) is 224 Å². The lowest BCUT2D eigenvalue weighted by atomic mass is 9.83. The van der Waals surface area contributed by atoms with E-state index in [1.165, 1.54) is 0 Å². The van der Waals surface area contributed by atoms with E-state index in [2.05, 4.69) is 26.3 Å². The molecule has 2 atom stereocenters. The minimum Gasteiger partial charge on any atom is -0.494 e. The number of nitrogens with one attached hydrogen (secondary N) is 4. The first-order chi connectivity index (χ1) is 32.1. The van der Waals surface area contributed by atoms with Crippen molar-refractivity contribution in [3.63, 3.8) is 0 Å². The first kappa shape index (κ1) is 51.1. The van der Waals surface area contributed by atoms with Gasteiger partial charge < -0.3 is 50.2 Å². The van der Waals surface area contributed by atoms with Crippen molar-refractivity contribution in [2.24, 2.45) is 5.92 Å². The van der Waals surface area contributed by atoms with Crippen LogP contribution in [0, 0.1) is 5.92 Å². The summed E-state index contributed by atoms with van der Waals surface area (Å²) in [5, 5.41) is 21.6. The smallest absolute Gasteiger partial charge is 0.305 e. The molecule has 66 heavy (non-hydrogen) atoms. The van der Waals surface area contributed by atoms with Crippen LogP contribution in [0.3, 0.4) is 0 Å². The van der Waals surface area contributed by atoms with E-state index in [9.17, 15) is 33.9 Å². The lowest BCUT2D eigenvalue weighted by molar-refractivity contribution is -0.141. The number of fused-ring (bicyclic) bond motifs is 1. The molecular formula is C49H66N6O11. The number of aliphatic carboxylic acids is 1. The summed E-state index contributed by atoms with van der Waals surface area (Å²) in [6.45, 7) is 4.73. The quantitative estimate of drug-likeness (QED) is 0.0393. The van der Waals surface area contributed by atoms with Crippen molar-refractivity contribution in [1.82, 2.24) is 15.2 Å². The minimum atomic E-state index is -1.06. The standard InChI is InChI=1S/C49H66N6O11/c56-43-10-2-1-9-40(43)44(57)21-16-36-14-17-38(18-15-36)53-47(59)13-5-12-46(58)52-24-6-26-63-29-31-65-32-30-64-27-8-25-55-35-37-33-39(66-28-7-23-51-45-11-3-4-22-50-45)19-20-41(37)54-42(49(55)62)34-48(60)61/h3-4,11,14-15,17-20,22,33,40,42,54H,1-2,5-10,12-13,16,21,23-32,34-35H2,(H,50,51)(H,52,58)(H,53,59)(H,60,61). The van der Waals surface area contributed by atoms with Crippen LogP contribution < -0.4 is 26.0 Å². The highest BCUT2D eigenvalue weighted by Crippen LogP contribution is 2.29. The summed E-state index contributed by atoms with van der Waals surface area (Å²) in [6, 6.07) is 17.7. The van der Waals surface area contributed by atoms with Gasteiger partial charge in [0.2, 0.25) is 17.7 Å². The van der Waals surface area contributed by atoms with Gasteiger partial charge in [0.05, 0.1) is 45.4 Å². The second kappa shape index (κ2) is 28.9. The SMILES string of the molecule is O=C(O)CC1Nc2ccc(OCCCNc3ccccn3)cc2CN(CCCOCCOCCOCCCNC(=O)CCCC(=O)Nc2ccc(CCC(=O)C3CCCCC3=O)cc2)C1=O. The summed E-state index contributed by atoms with van der Waals surface area (Å²) in [5.41, 5.74) is 3.17. The maximum atomic E-state index is 13.4. The van der Waals surface area contributed by atoms with Crippen LogP contribution in [-0.4, -0.2) is 122 Å². The van der Waals surface area contributed by atoms with Gasteiger partial charge >= 0.3 is 5.97 Å². The number of carbonyl (C=O) groups excluding carboxylic acids is 5. The molecule has 3 aromatic rings. The highest BCUT2D eigenvalue weighted by Gasteiger charge is 2.31. The number of amides is 3. The number of ether oxygens (including phenoxy) is 4. The predicted octanol–water partition coefficient (Wildman–Crippen LogP) is 5.58. The van der Waals surface area contributed by atoms with Gasteiger partial charge in [-0.1, -0.05) is 24.6 Å². The van der Waals surface area contributed by atoms with Crippen LogP contribution in [-0.2, 0) is 55.9 Å². The van der Waals surface area contributed by atoms with Crippen molar-refractivity contribution < 1.29 is 52.8 Å². The molecule has 0 radical (unpaired) electrons. The van der Waals surface area contributed by atoms with Gasteiger partial charge in [-0.15, -0.1) is 0 Å². The van der Waals surface area contributed by atoms with Crippen molar-refractivity contribution >= 4 is 52.4 Å². The number of carboxylic acids is 1. The summed E-state index contributed by atoms with van der Waals surface area (Å²) < 4.78 is 22.9. The maximum Gasteiger partial charge on any atom is 0.305 e. The van der Waals surface area contributed by atoms with Crippen LogP contribution in [0.2, 0.25) is 0 Å². The molecule has 2 aromatic carbocycles. The third kappa shape index (κ3) is 18.9. The zero-order chi connectivity index (χ0) is 46.8. The second-order valence-corrected chi connectivity index (χ2v) is 16.4. The molecule has 17 nitrogen and oxygen atoms in total. The van der Waals surface area contributed by atoms with Crippen molar-refractivity contribution in [2.75, 3.05) is 81.8 Å². The van der Waals surface area contributed by atoms with E-state index in [1.54, 1.807) is 23.2 Å². The molecule has 1 aliphatic carbocycles. The molecule has 1 saturated carbocycles. The Morgan fingerprint density at radius 3 is 2.27 bits per heavy atom. The Balaban J connectivity index is 0.841. The van der Waals surface area contributed by atoms with Crippen molar-refractivity contribution in [3.05, 3.63) is 78.0 Å². The summed E-state index contributed by atoms with van der Waals surface area (Å²) >= 11 is 0. The number of carboxylic acid groups (broad SMARTS) is 1. The number of aryl methyl sites for hydroxylation is 1. The van der Waals surface area contributed by atoms with E-state index in [0.717, 1.165) is 36.2 Å². The molecule has 358 valence electrons. The molecule has 17 heteroatoms. The maximum absolute atomic E-state index is 13.4. The Kier molecular flexibility index (Phi) is 22.4. The van der Waals surface area contributed by atoms with Crippen LogP contribution in [0.5, 0.6) is 5.75 Å². The van der Waals surface area contributed by atoms with Crippen molar-refractivity contribution in [1.29, 1.82) is 0 Å². The zero-order valence-corrected chi connectivity index (χ0v) is 37.9. The molecule has 2 unspecified atom stereocenters. The third-order valence-corrected chi connectivity index (χ3v) is 11.2. The third-order valence-electron chi connectivity index (χ3n) is 11.2. The van der Waals surface area contributed by atoms with Crippen molar-refractivity contribution in [3.8, 4) is 5.75 Å². The monoisotopic (exact) mass is 914 g/mol. The molecule has 5 N–H and O–H groups in total. The zero-order valence-electron chi connectivity index (χ0n) is 37.9. The summed E-state index contributed by atoms with van der Waals surface area (Å²) in [7, 11) is 0. The van der Waals surface area contributed by atoms with Crippen molar-refractivity contribution in [2.45, 2.75) is 96.1 Å². The fourth-order valence-corrected chi connectivity index (χ4v) is 7.68. The first-order valence-electron chi connectivity index (χ1n) is 23.3. The molecule has 2 aliphatic rings. The predicted molar refractivity (Wildman–Crippen MR) is 248 cm³/mol. The van der Waals surface area contributed by atoms with E-state index in [1.807, 2.05) is 48.5 Å². The average molecular weight is 915 g/mol. The second-order valence-electron chi connectivity index (χ2n) is 16.4. The Hall–Kier alpha value is -5.91. The Morgan fingerprint density at radius 1 is 0.788 bits per heavy atom. The molecular weight excluding hydrogens is 849 g/mol. The normalized spacial score (nSPS) is 15.8. The van der Waals surface area contributed by atoms with E-state index in [-0.39, 0.29) is 48.6 Å². The summed E-state index contributed by atoms with van der Waals surface area (Å²) in [4.78, 5) is 80.1. The molecule has 0 spiro atoms. The Labute approximate surface area is 387 Å². The van der Waals surface area contributed by atoms with Gasteiger partial charge in [0, 0.05) is 82.6 Å². The van der Waals surface area contributed by atoms with Gasteiger partial charge in [-0.25, -0.2) is 4.98 Å². The number of Topliss-reactive ketones (excluding diaryl/α,β-unsaturated/α-hetero) is 2. The molecule has 0 bridgehead atoms. The lowest BCUT2D eigenvalue weighted by Gasteiger charge is -2.24. The molecule has 0 saturated heterocycles. The highest BCUT2D eigenvalue weighted by atomic mass is 16.5. The summed E-state index contributed by atoms with van der Waals surface area (Å²) in [5.74, 6) is -0.514. The van der Waals surface area contributed by atoms with Gasteiger partial charge in [-0.05, 0) is 98.5 Å². The number of hydrogen-bond donors (Lipinski definition) is 5. The minimum absolute atomic E-state index is 0.0221. The van der Waals surface area contributed by atoms with E-state index >= 15 is 0 Å². The fraction of sp³-hybridized carbons (Fsp3) is 0.531. The van der Waals surface area contributed by atoms with Gasteiger partial charge in [-0.3, -0.25) is 28.8 Å². The van der Waals surface area contributed by atoms with Crippen LogP contribution in [0.15, 0.2) is 66.9 Å². The average Bonchev–Trinajstić information content (AvgIpc) is 3.43. The largest absolute Gasteiger partial charge is 0.494 e. The fourth-order valence-electron chi connectivity index (χ4n) is 7.68. The van der Waals surface area contributed by atoms with Crippen LogP contribution in [0.25, 0.3) is 0 Å². The van der Waals surface area contributed by atoms with Gasteiger partial charge in [-0.2, -0.15) is 0 Å². The van der Waals surface area contributed by atoms with Gasteiger partial charge in [0.15, 0.2) is 0 Å². The Morgan fingerprint density at radius 2 is 1.53 bits per heavy atom. The van der Waals surface area contributed by atoms with Gasteiger partial charge in [0.25, 0.3) is 0 Å². The molecule has 1 aromatic heterocycles. The molecule has 1 aliphatic heterocycles. The van der Waals surface area contributed by atoms with E-state index in [4.69, 9.17) is 18.9 Å². The Bertz CT molecular complexity index is 2000. The molecule has 5 rings (SSSR count). The molecule has 2 heterocycles. The number of nitrogens with zero attached hydrogens (tertiary/aromatic N) is 2. The first-order valence-corrected chi connectivity index (χ1v) is 23.3. The highest BCUT2D eigenvalue weighted by molar-refractivity contribution is 6.02. The van der Waals surface area contributed by atoms with E-state index < -0.39 is 17.9 Å². The van der Waals surface area contributed by atoms with Crippen LogP contribution in [0.4, 0.5) is 17.2 Å². The molecule has 3 amide bonds. The van der Waals surface area contributed by atoms with Crippen LogP contribution >= 0.6 is 0 Å². The number of hydrogen-bond acceptors (Lipinski definition) is 13. The molecule has 1 fully saturated rings. The number of pyridine rings is 1. The van der Waals surface area contributed by atoms with E-state index in [0.29, 0.717) is 134 Å². The lowest BCUT2D eigenvalue weighted by Crippen LogP contribution is -2.42. The number of benzene rings is 2. The number of ketones is 2. The number of aromatic nitrogens is 1. The number of carbonyl (C=O) groups is 6.